The lowest BCUT2D eigenvalue weighted by Crippen LogP contribution is -2.00. The van der Waals surface area contributed by atoms with E-state index in [0.29, 0.717) is 6.42 Å². The first-order valence-electron chi connectivity index (χ1n) is 5.30. The number of phosphoric ester groups is 2. The highest BCUT2D eigenvalue weighted by atomic mass is 35.5. The van der Waals surface area contributed by atoms with Crippen LogP contribution in [0.2, 0.25) is 0 Å². The molecule has 0 heterocycles. The highest BCUT2D eigenvalue weighted by Gasteiger charge is 2.23. The van der Waals surface area contributed by atoms with Crippen LogP contribution < -0.4 is 9.05 Å². The normalized spacial score (nSPS) is 12.2. The number of rotatable bonds is 7. The maximum Gasteiger partial charge on any atom is 0.524 e. The summed E-state index contributed by atoms with van der Waals surface area (Å²) in [7, 11) is -9.60. The Bertz CT molecular complexity index is 509. The van der Waals surface area contributed by atoms with Crippen molar-refractivity contribution in [3.05, 3.63) is 23.8 Å². The maximum atomic E-state index is 10.9. The van der Waals surface area contributed by atoms with Crippen LogP contribution in [0.5, 0.6) is 11.5 Å². The van der Waals surface area contributed by atoms with Gasteiger partial charge in [-0.25, -0.2) is 9.13 Å². The molecule has 0 saturated heterocycles. The van der Waals surface area contributed by atoms with E-state index in [0.717, 1.165) is 0 Å². The first kappa shape index (κ1) is 17.5. The minimum Gasteiger partial charge on any atom is -0.404 e. The third-order valence-electron chi connectivity index (χ3n) is 2.08. The third kappa shape index (κ3) is 6.24. The van der Waals surface area contributed by atoms with E-state index in [1.54, 1.807) is 0 Å². The van der Waals surface area contributed by atoms with Gasteiger partial charge in [-0.1, -0.05) is 6.07 Å². The molecule has 0 atom stereocenters. The van der Waals surface area contributed by atoms with E-state index in [-0.39, 0.29) is 29.4 Å². The summed E-state index contributed by atoms with van der Waals surface area (Å²) < 4.78 is 30.7. The van der Waals surface area contributed by atoms with Crippen molar-refractivity contribution in [3.8, 4) is 11.5 Å². The van der Waals surface area contributed by atoms with Gasteiger partial charge in [0, 0.05) is 11.4 Å². The van der Waals surface area contributed by atoms with E-state index in [9.17, 15) is 9.13 Å². The van der Waals surface area contributed by atoms with Crippen molar-refractivity contribution in [1.82, 2.24) is 0 Å². The number of phosphoric acid groups is 2. The fourth-order valence-electron chi connectivity index (χ4n) is 1.46. The predicted molar refractivity (Wildman–Crippen MR) is 70.8 cm³/mol. The Morgan fingerprint density at radius 2 is 1.45 bits per heavy atom. The Balaban J connectivity index is 3.19. The molecule has 0 radical (unpaired) electrons. The Kier molecular flexibility index (Phi) is 6.04. The molecule has 0 aliphatic carbocycles. The van der Waals surface area contributed by atoms with Gasteiger partial charge in [-0.05, 0) is 25.0 Å². The number of hydrogen-bond acceptors (Lipinski definition) is 4. The van der Waals surface area contributed by atoms with E-state index >= 15 is 0 Å². The quantitative estimate of drug-likeness (QED) is 0.434. The Labute approximate surface area is 119 Å². The molecule has 11 heteroatoms. The van der Waals surface area contributed by atoms with Crippen LogP contribution in [0.15, 0.2) is 18.2 Å². The monoisotopic (exact) mass is 346 g/mol. The zero-order valence-corrected chi connectivity index (χ0v) is 12.6. The van der Waals surface area contributed by atoms with Crippen molar-refractivity contribution in [3.63, 3.8) is 0 Å². The second kappa shape index (κ2) is 6.91. The van der Waals surface area contributed by atoms with Gasteiger partial charge in [0.2, 0.25) is 0 Å². The Hall–Kier alpha value is -0.590. The maximum absolute atomic E-state index is 10.9. The molecule has 1 rings (SSSR count). The molecule has 0 aliphatic heterocycles. The van der Waals surface area contributed by atoms with E-state index in [2.05, 4.69) is 9.05 Å². The van der Waals surface area contributed by atoms with Crippen molar-refractivity contribution in [2.75, 3.05) is 5.88 Å². The van der Waals surface area contributed by atoms with Gasteiger partial charge in [0.1, 0.15) is 11.5 Å². The minimum atomic E-state index is -4.80. The molecule has 0 amide bonds. The van der Waals surface area contributed by atoms with Crippen LogP contribution in [0.3, 0.4) is 0 Å². The molecule has 0 aromatic heterocycles. The van der Waals surface area contributed by atoms with Crippen LogP contribution in [0, 0.1) is 0 Å². The molecule has 0 spiro atoms. The van der Waals surface area contributed by atoms with Gasteiger partial charge in [-0.3, -0.25) is 19.6 Å². The van der Waals surface area contributed by atoms with E-state index < -0.39 is 15.6 Å². The molecule has 114 valence electrons. The molecular formula is C9H13ClO8P2. The summed E-state index contributed by atoms with van der Waals surface area (Å²) in [5.41, 5.74) is 0.125. The van der Waals surface area contributed by atoms with Gasteiger partial charge < -0.3 is 9.05 Å². The summed E-state index contributed by atoms with van der Waals surface area (Å²) >= 11 is 5.53. The average molecular weight is 347 g/mol. The fourth-order valence-corrected chi connectivity index (χ4v) is 2.45. The van der Waals surface area contributed by atoms with Crippen molar-refractivity contribution < 1.29 is 37.8 Å². The molecule has 8 nitrogen and oxygen atoms in total. The van der Waals surface area contributed by atoms with Gasteiger partial charge in [0.25, 0.3) is 0 Å². The zero-order valence-electron chi connectivity index (χ0n) is 10.0. The molecule has 1 aromatic carbocycles. The summed E-state index contributed by atoms with van der Waals surface area (Å²) in [6.07, 6.45) is 0.579. The first-order chi connectivity index (χ1) is 9.12. The lowest BCUT2D eigenvalue weighted by Gasteiger charge is -2.16. The molecule has 20 heavy (non-hydrogen) atoms. The first-order valence-corrected chi connectivity index (χ1v) is 8.90. The van der Waals surface area contributed by atoms with Gasteiger partial charge in [0.15, 0.2) is 0 Å². The molecule has 0 saturated carbocycles. The van der Waals surface area contributed by atoms with Crippen LogP contribution in [0.25, 0.3) is 0 Å². The summed E-state index contributed by atoms with van der Waals surface area (Å²) in [5.74, 6) is -0.177. The van der Waals surface area contributed by atoms with Crippen LogP contribution in [0.4, 0.5) is 0 Å². The van der Waals surface area contributed by atoms with Gasteiger partial charge in [0.05, 0.1) is 0 Å². The van der Waals surface area contributed by atoms with E-state index in [4.69, 9.17) is 31.2 Å². The van der Waals surface area contributed by atoms with Gasteiger partial charge >= 0.3 is 15.6 Å². The summed E-state index contributed by atoms with van der Waals surface area (Å²) in [5, 5.41) is 0. The van der Waals surface area contributed by atoms with Crippen LogP contribution >= 0.6 is 27.2 Å². The minimum absolute atomic E-state index is 0.125. The topological polar surface area (TPSA) is 134 Å². The molecule has 0 bridgehead atoms. The number of benzene rings is 1. The van der Waals surface area contributed by atoms with Crippen LogP contribution in [-0.2, 0) is 15.6 Å². The van der Waals surface area contributed by atoms with Crippen LogP contribution in [0.1, 0.15) is 12.0 Å². The van der Waals surface area contributed by atoms with E-state index in [1.165, 1.54) is 18.2 Å². The lowest BCUT2D eigenvalue weighted by molar-refractivity contribution is 0.278. The van der Waals surface area contributed by atoms with Gasteiger partial charge in [-0.15, -0.1) is 11.6 Å². The molecule has 1 aromatic rings. The second-order valence-electron chi connectivity index (χ2n) is 3.69. The molecule has 0 unspecified atom stereocenters. The van der Waals surface area contributed by atoms with Crippen molar-refractivity contribution in [1.29, 1.82) is 0 Å². The molecule has 4 N–H and O–H groups in total. The highest BCUT2D eigenvalue weighted by Crippen LogP contribution is 2.45. The summed E-state index contributed by atoms with van der Waals surface area (Å²) in [6, 6.07) is 3.81. The standard InChI is InChI=1S/C9H13ClO8P2/c10-6-2-3-7-8(17-19(11,12)13)4-1-5-9(7)18-20(14,15)16/h1,4-5H,2-3,6H2,(H2,11,12,13)(H2,14,15,16). The smallest absolute Gasteiger partial charge is 0.404 e. The molecule has 0 fully saturated rings. The van der Waals surface area contributed by atoms with Crippen molar-refractivity contribution in [2.24, 2.45) is 0 Å². The summed E-state index contributed by atoms with van der Waals surface area (Å²) in [4.78, 5) is 35.3. The third-order valence-corrected chi connectivity index (χ3v) is 3.22. The number of halogens is 1. The average Bonchev–Trinajstić information content (AvgIpc) is 2.24. The summed E-state index contributed by atoms with van der Waals surface area (Å²) in [6.45, 7) is 0. The largest absolute Gasteiger partial charge is 0.524 e. The van der Waals surface area contributed by atoms with Crippen molar-refractivity contribution >= 4 is 27.2 Å². The Morgan fingerprint density at radius 1 is 1.00 bits per heavy atom. The van der Waals surface area contributed by atoms with Gasteiger partial charge in [-0.2, -0.15) is 0 Å². The fraction of sp³-hybridized carbons (Fsp3) is 0.333. The molecular weight excluding hydrogens is 333 g/mol. The number of alkyl halides is 1. The van der Waals surface area contributed by atoms with Crippen LogP contribution in [-0.4, -0.2) is 25.5 Å². The second-order valence-corrected chi connectivity index (χ2v) is 6.39. The van der Waals surface area contributed by atoms with Crippen molar-refractivity contribution in [2.45, 2.75) is 12.8 Å². The van der Waals surface area contributed by atoms with E-state index in [1.807, 2.05) is 0 Å². The Morgan fingerprint density at radius 3 is 1.80 bits per heavy atom. The molecule has 0 aliphatic rings. The predicted octanol–water partition coefficient (Wildman–Crippen LogP) is 1.80. The highest BCUT2D eigenvalue weighted by molar-refractivity contribution is 7.47. The SMILES string of the molecule is O=P(O)(O)Oc1cccc(OP(=O)(O)O)c1CCCCl. The number of hydrogen-bond donors (Lipinski definition) is 4. The zero-order chi connectivity index (χ0) is 15.4. The lowest BCUT2D eigenvalue weighted by atomic mass is 10.1.